The fourth-order valence-corrected chi connectivity index (χ4v) is 1.15. The van der Waals surface area contributed by atoms with Crippen LogP contribution in [0.5, 0.6) is 5.75 Å². The molecule has 0 aliphatic heterocycles. The van der Waals surface area contributed by atoms with Gasteiger partial charge in [0.25, 0.3) is 0 Å². The Morgan fingerprint density at radius 2 is 2.00 bits per heavy atom. The number of rotatable bonds is 4. The normalized spacial score (nSPS) is 11.4. The first-order valence-electron chi connectivity index (χ1n) is 4.61. The number of benzene rings is 1. The van der Waals surface area contributed by atoms with Crippen LogP contribution >= 0.6 is 0 Å². The van der Waals surface area contributed by atoms with E-state index >= 15 is 0 Å². The van der Waals surface area contributed by atoms with Crippen molar-refractivity contribution in [3.63, 3.8) is 0 Å². The molecule has 94 valence electrons. The van der Waals surface area contributed by atoms with Crippen molar-refractivity contribution >= 4 is 5.57 Å². The molecule has 1 aromatic rings. The van der Waals surface area contributed by atoms with Gasteiger partial charge in [-0.1, -0.05) is 6.58 Å². The first kappa shape index (κ1) is 13.5. The summed E-state index contributed by atoms with van der Waals surface area (Å²) in [5, 5.41) is 8.84. The summed E-state index contributed by atoms with van der Waals surface area (Å²) in [5.41, 5.74) is 0.306. The zero-order valence-corrected chi connectivity index (χ0v) is 8.72. The van der Waals surface area contributed by atoms with Crippen LogP contribution in [0.1, 0.15) is 5.56 Å². The summed E-state index contributed by atoms with van der Waals surface area (Å²) in [5.74, 6) is -1.02. The largest absolute Gasteiger partial charge is 0.483 e. The first-order chi connectivity index (χ1) is 7.83. The van der Waals surface area contributed by atoms with Gasteiger partial charge in [0.15, 0.2) is 6.61 Å². The van der Waals surface area contributed by atoms with Crippen LogP contribution in [0, 0.1) is 5.82 Å². The SMILES string of the molecule is C=C(CO)c1ccc(F)cc1OCC(F)(F)F. The average molecular weight is 250 g/mol. The van der Waals surface area contributed by atoms with Gasteiger partial charge in [0.05, 0.1) is 6.61 Å². The Labute approximate surface area is 95.1 Å². The van der Waals surface area contributed by atoms with Crippen LogP contribution in [-0.4, -0.2) is 24.5 Å². The van der Waals surface area contributed by atoms with Crippen molar-refractivity contribution in [3.8, 4) is 5.75 Å². The fraction of sp³-hybridized carbons (Fsp3) is 0.273. The second-order valence-electron chi connectivity index (χ2n) is 3.31. The molecule has 0 radical (unpaired) electrons. The number of halogens is 4. The zero-order chi connectivity index (χ0) is 13.1. The lowest BCUT2D eigenvalue weighted by Gasteiger charge is -2.13. The van der Waals surface area contributed by atoms with E-state index in [-0.39, 0.29) is 16.9 Å². The first-order valence-corrected chi connectivity index (χ1v) is 4.61. The van der Waals surface area contributed by atoms with Crippen LogP contribution in [0.2, 0.25) is 0 Å². The van der Waals surface area contributed by atoms with Crippen molar-refractivity contribution in [1.29, 1.82) is 0 Å². The molecule has 0 atom stereocenters. The van der Waals surface area contributed by atoms with Crippen LogP contribution < -0.4 is 4.74 Å². The van der Waals surface area contributed by atoms with Crippen molar-refractivity contribution in [2.75, 3.05) is 13.2 Å². The number of aliphatic hydroxyl groups is 1. The molecular weight excluding hydrogens is 240 g/mol. The van der Waals surface area contributed by atoms with Gasteiger partial charge in [0.1, 0.15) is 11.6 Å². The molecule has 0 saturated carbocycles. The van der Waals surface area contributed by atoms with E-state index in [9.17, 15) is 17.6 Å². The molecule has 0 saturated heterocycles. The summed E-state index contributed by atoms with van der Waals surface area (Å²) >= 11 is 0. The zero-order valence-electron chi connectivity index (χ0n) is 8.72. The predicted molar refractivity (Wildman–Crippen MR) is 54.1 cm³/mol. The molecule has 0 spiro atoms. The molecule has 0 bridgehead atoms. The molecule has 0 heterocycles. The molecule has 0 aliphatic rings. The summed E-state index contributed by atoms with van der Waals surface area (Å²) < 4.78 is 53.2. The number of hydrogen-bond donors (Lipinski definition) is 1. The van der Waals surface area contributed by atoms with E-state index in [2.05, 4.69) is 11.3 Å². The molecular formula is C11H10F4O2. The maximum absolute atomic E-state index is 12.9. The van der Waals surface area contributed by atoms with Crippen molar-refractivity contribution in [2.45, 2.75) is 6.18 Å². The summed E-state index contributed by atoms with van der Waals surface area (Å²) in [7, 11) is 0. The molecule has 1 aromatic carbocycles. The quantitative estimate of drug-likeness (QED) is 0.832. The van der Waals surface area contributed by atoms with Crippen molar-refractivity contribution < 1.29 is 27.4 Å². The van der Waals surface area contributed by atoms with Gasteiger partial charge in [-0.05, 0) is 17.7 Å². The molecule has 0 amide bonds. The Kier molecular flexibility index (Phi) is 4.11. The van der Waals surface area contributed by atoms with Crippen LogP contribution in [-0.2, 0) is 0 Å². The maximum Gasteiger partial charge on any atom is 0.422 e. The minimum absolute atomic E-state index is 0.151. The molecule has 0 aromatic heterocycles. The third-order valence-corrected chi connectivity index (χ3v) is 1.91. The second-order valence-corrected chi connectivity index (χ2v) is 3.31. The van der Waals surface area contributed by atoms with Crippen molar-refractivity contribution in [3.05, 3.63) is 36.2 Å². The monoisotopic (exact) mass is 250 g/mol. The van der Waals surface area contributed by atoms with Gasteiger partial charge in [0, 0.05) is 11.6 Å². The minimum Gasteiger partial charge on any atom is -0.483 e. The van der Waals surface area contributed by atoms with E-state index < -0.39 is 25.2 Å². The van der Waals surface area contributed by atoms with Gasteiger partial charge in [-0.3, -0.25) is 0 Å². The molecule has 0 aliphatic carbocycles. The van der Waals surface area contributed by atoms with Crippen LogP contribution in [0.4, 0.5) is 17.6 Å². The Morgan fingerprint density at radius 1 is 1.35 bits per heavy atom. The Bertz CT molecular complexity index is 412. The summed E-state index contributed by atoms with van der Waals surface area (Å²) in [6.07, 6.45) is -4.51. The van der Waals surface area contributed by atoms with E-state index in [0.717, 1.165) is 12.1 Å². The standard InChI is InChI=1S/C11H10F4O2/c1-7(5-16)9-3-2-8(12)4-10(9)17-6-11(13,14)15/h2-4,16H,1,5-6H2. The summed E-state index contributed by atoms with van der Waals surface area (Å²) in [6.45, 7) is 1.47. The highest BCUT2D eigenvalue weighted by Crippen LogP contribution is 2.27. The number of hydrogen-bond acceptors (Lipinski definition) is 2. The molecule has 6 heteroatoms. The van der Waals surface area contributed by atoms with E-state index in [1.807, 2.05) is 0 Å². The molecule has 2 nitrogen and oxygen atoms in total. The summed E-state index contributed by atoms with van der Waals surface area (Å²) in [6, 6.07) is 3.08. The maximum atomic E-state index is 12.9. The summed E-state index contributed by atoms with van der Waals surface area (Å²) in [4.78, 5) is 0. The molecule has 0 fully saturated rings. The highest BCUT2D eigenvalue weighted by molar-refractivity contribution is 5.69. The Balaban J connectivity index is 2.95. The molecule has 17 heavy (non-hydrogen) atoms. The number of alkyl halides is 3. The lowest BCUT2D eigenvalue weighted by atomic mass is 10.1. The molecule has 1 N–H and O–H groups in total. The van der Waals surface area contributed by atoms with Crippen molar-refractivity contribution in [1.82, 2.24) is 0 Å². The third kappa shape index (κ3) is 4.07. The van der Waals surface area contributed by atoms with Crippen molar-refractivity contribution in [2.24, 2.45) is 0 Å². The Hall–Kier alpha value is -1.56. The van der Waals surface area contributed by atoms with Crippen LogP contribution in [0.3, 0.4) is 0 Å². The molecule has 1 rings (SSSR count). The van der Waals surface area contributed by atoms with Gasteiger partial charge >= 0.3 is 6.18 Å². The van der Waals surface area contributed by atoms with E-state index in [1.54, 1.807) is 0 Å². The lowest BCUT2D eigenvalue weighted by Crippen LogP contribution is -2.19. The Morgan fingerprint density at radius 3 is 2.53 bits per heavy atom. The smallest absolute Gasteiger partial charge is 0.422 e. The number of aliphatic hydroxyl groups excluding tert-OH is 1. The second kappa shape index (κ2) is 5.18. The highest BCUT2D eigenvalue weighted by Gasteiger charge is 2.29. The minimum atomic E-state index is -4.51. The van der Waals surface area contributed by atoms with Crippen LogP contribution in [0.25, 0.3) is 5.57 Å². The van der Waals surface area contributed by atoms with Gasteiger partial charge in [0.2, 0.25) is 0 Å². The highest BCUT2D eigenvalue weighted by atomic mass is 19.4. The van der Waals surface area contributed by atoms with E-state index in [4.69, 9.17) is 5.11 Å². The fourth-order valence-electron chi connectivity index (χ4n) is 1.15. The van der Waals surface area contributed by atoms with Gasteiger partial charge in [-0.2, -0.15) is 13.2 Å². The van der Waals surface area contributed by atoms with Gasteiger partial charge in [-0.25, -0.2) is 4.39 Å². The number of ether oxygens (including phenoxy) is 1. The molecule has 0 unspecified atom stereocenters. The lowest BCUT2D eigenvalue weighted by molar-refractivity contribution is -0.153. The van der Waals surface area contributed by atoms with Gasteiger partial charge < -0.3 is 9.84 Å². The average Bonchev–Trinajstić information content (AvgIpc) is 2.24. The van der Waals surface area contributed by atoms with E-state index in [0.29, 0.717) is 0 Å². The van der Waals surface area contributed by atoms with E-state index in [1.165, 1.54) is 6.07 Å². The topological polar surface area (TPSA) is 29.5 Å². The van der Waals surface area contributed by atoms with Crippen LogP contribution in [0.15, 0.2) is 24.8 Å². The third-order valence-electron chi connectivity index (χ3n) is 1.91. The predicted octanol–water partition coefficient (Wildman–Crippen LogP) is 2.77. The van der Waals surface area contributed by atoms with Gasteiger partial charge in [-0.15, -0.1) is 0 Å².